The SMILES string of the molecule is C(=Cc1ccc2cc(/C=C/c3ccc(N(c4ccccc4)c4ccccc4)cc3)ccc2c1)c1ccc(N(c2ccccc2)c2ccccc2)cc1. The third-order valence-electron chi connectivity index (χ3n) is 9.18. The quantitative estimate of drug-likeness (QED) is 0.134. The van der Waals surface area contributed by atoms with Crippen molar-refractivity contribution in [2.24, 2.45) is 0 Å². The Bertz CT molecular complexity index is 2160. The summed E-state index contributed by atoms with van der Waals surface area (Å²) in [5, 5.41) is 2.45. The van der Waals surface area contributed by atoms with Crippen molar-refractivity contribution in [3.63, 3.8) is 0 Å². The number of fused-ring (bicyclic) bond motifs is 1. The molecule has 0 atom stereocenters. The molecule has 0 amide bonds. The summed E-state index contributed by atoms with van der Waals surface area (Å²) >= 11 is 0. The van der Waals surface area contributed by atoms with Crippen LogP contribution in [0.2, 0.25) is 0 Å². The lowest BCUT2D eigenvalue weighted by Gasteiger charge is -2.25. The summed E-state index contributed by atoms with van der Waals surface area (Å²) in [6, 6.07) is 72.8. The fraction of sp³-hybridized carbons (Fsp3) is 0. The second-order valence-corrected chi connectivity index (χ2v) is 12.7. The molecule has 0 N–H and O–H groups in total. The standard InChI is InChI=1S/C50H38N2/c1-5-13-45(14-6-1)51(46-15-7-2-8-16-46)49-33-27-39(28-34-49)21-23-41-25-31-44-38-42(26-32-43(44)37-41)24-22-40-29-35-50(36-30-40)52(47-17-9-3-10-18-47)48-19-11-4-12-20-48/h1-38H/b23-21+,24-22?. The minimum Gasteiger partial charge on any atom is -0.311 e. The molecule has 0 aliphatic rings. The predicted octanol–water partition coefficient (Wildman–Crippen LogP) is 14.1. The summed E-state index contributed by atoms with van der Waals surface area (Å²) in [7, 11) is 0. The minimum atomic E-state index is 1.12. The molecule has 8 rings (SSSR count). The second-order valence-electron chi connectivity index (χ2n) is 12.7. The maximum absolute atomic E-state index is 2.28. The van der Waals surface area contributed by atoms with Crippen molar-refractivity contribution in [2.45, 2.75) is 0 Å². The van der Waals surface area contributed by atoms with Gasteiger partial charge in [-0.2, -0.15) is 0 Å². The Morgan fingerprint density at radius 3 is 0.788 bits per heavy atom. The van der Waals surface area contributed by atoms with E-state index in [1.165, 1.54) is 21.9 Å². The number of benzene rings is 8. The maximum Gasteiger partial charge on any atom is 0.0462 e. The van der Waals surface area contributed by atoms with E-state index in [0.29, 0.717) is 0 Å². The molecule has 0 unspecified atom stereocenters. The molecule has 8 aromatic rings. The summed E-state index contributed by atoms with van der Waals surface area (Å²) in [6.45, 7) is 0. The third-order valence-corrected chi connectivity index (χ3v) is 9.18. The summed E-state index contributed by atoms with van der Waals surface area (Å²) in [5.74, 6) is 0. The zero-order valence-corrected chi connectivity index (χ0v) is 28.8. The Hall–Kier alpha value is -6.90. The first-order chi connectivity index (χ1) is 25.8. The lowest BCUT2D eigenvalue weighted by atomic mass is 10.0. The Morgan fingerprint density at radius 1 is 0.231 bits per heavy atom. The van der Waals surface area contributed by atoms with Gasteiger partial charge in [-0.3, -0.25) is 0 Å². The summed E-state index contributed by atoms with van der Waals surface area (Å²) in [4.78, 5) is 4.56. The molecule has 8 aromatic carbocycles. The van der Waals surface area contributed by atoms with Crippen molar-refractivity contribution < 1.29 is 0 Å². The van der Waals surface area contributed by atoms with Gasteiger partial charge in [0.15, 0.2) is 0 Å². The molecule has 0 aliphatic heterocycles. The van der Waals surface area contributed by atoms with Gasteiger partial charge in [-0.25, -0.2) is 0 Å². The smallest absolute Gasteiger partial charge is 0.0462 e. The highest BCUT2D eigenvalue weighted by molar-refractivity contribution is 5.89. The molecule has 2 heteroatoms. The first-order valence-corrected chi connectivity index (χ1v) is 17.7. The van der Waals surface area contributed by atoms with Gasteiger partial charge >= 0.3 is 0 Å². The van der Waals surface area contributed by atoms with Crippen molar-refractivity contribution in [3.05, 3.63) is 229 Å². The van der Waals surface area contributed by atoms with Crippen LogP contribution in [0, 0.1) is 0 Å². The van der Waals surface area contributed by atoms with E-state index >= 15 is 0 Å². The van der Waals surface area contributed by atoms with Crippen LogP contribution in [0.3, 0.4) is 0 Å². The van der Waals surface area contributed by atoms with Crippen LogP contribution >= 0.6 is 0 Å². The van der Waals surface area contributed by atoms with Crippen LogP contribution in [-0.2, 0) is 0 Å². The molecular weight excluding hydrogens is 629 g/mol. The van der Waals surface area contributed by atoms with E-state index in [-0.39, 0.29) is 0 Å². The number of hydrogen-bond donors (Lipinski definition) is 0. The van der Waals surface area contributed by atoms with Gasteiger partial charge in [-0.1, -0.05) is 146 Å². The van der Waals surface area contributed by atoms with Crippen LogP contribution in [0.15, 0.2) is 206 Å². The fourth-order valence-corrected chi connectivity index (χ4v) is 6.55. The van der Waals surface area contributed by atoms with Gasteiger partial charge in [-0.05, 0) is 118 Å². The van der Waals surface area contributed by atoms with Crippen LogP contribution in [0.5, 0.6) is 0 Å². The monoisotopic (exact) mass is 666 g/mol. The van der Waals surface area contributed by atoms with Gasteiger partial charge in [0.05, 0.1) is 0 Å². The Morgan fingerprint density at radius 2 is 0.481 bits per heavy atom. The second kappa shape index (κ2) is 15.3. The van der Waals surface area contributed by atoms with Gasteiger partial charge in [0, 0.05) is 34.1 Å². The van der Waals surface area contributed by atoms with Gasteiger partial charge < -0.3 is 9.80 Å². The van der Waals surface area contributed by atoms with Crippen molar-refractivity contribution in [2.75, 3.05) is 9.80 Å². The van der Waals surface area contributed by atoms with E-state index in [1.807, 2.05) is 0 Å². The highest BCUT2D eigenvalue weighted by Gasteiger charge is 2.12. The van der Waals surface area contributed by atoms with E-state index in [9.17, 15) is 0 Å². The molecule has 0 aliphatic carbocycles. The minimum absolute atomic E-state index is 1.12. The zero-order valence-electron chi connectivity index (χ0n) is 28.8. The fourth-order valence-electron chi connectivity index (χ4n) is 6.55. The van der Waals surface area contributed by atoms with Gasteiger partial charge in [-0.15, -0.1) is 0 Å². The molecule has 0 heterocycles. The third kappa shape index (κ3) is 7.47. The zero-order chi connectivity index (χ0) is 35.0. The molecule has 0 saturated carbocycles. The van der Waals surface area contributed by atoms with Crippen LogP contribution in [0.1, 0.15) is 22.3 Å². The molecule has 0 spiro atoms. The summed E-state index contributed by atoms with van der Waals surface area (Å²) in [5.41, 5.74) is 11.5. The Kier molecular flexibility index (Phi) is 9.53. The lowest BCUT2D eigenvalue weighted by Crippen LogP contribution is -2.09. The Labute approximate surface area is 306 Å². The van der Waals surface area contributed by atoms with Crippen molar-refractivity contribution in [1.82, 2.24) is 0 Å². The van der Waals surface area contributed by atoms with Crippen molar-refractivity contribution in [3.8, 4) is 0 Å². The molecule has 2 nitrogen and oxygen atoms in total. The summed E-state index contributed by atoms with van der Waals surface area (Å²) < 4.78 is 0. The molecular formula is C50H38N2. The van der Waals surface area contributed by atoms with Gasteiger partial charge in [0.1, 0.15) is 0 Å². The molecule has 0 fully saturated rings. The summed E-state index contributed by atoms with van der Waals surface area (Å²) in [6.07, 6.45) is 8.74. The molecule has 0 bridgehead atoms. The van der Waals surface area contributed by atoms with E-state index in [4.69, 9.17) is 0 Å². The predicted molar refractivity (Wildman–Crippen MR) is 224 cm³/mol. The molecule has 0 aromatic heterocycles. The number of hydrogen-bond acceptors (Lipinski definition) is 2. The van der Waals surface area contributed by atoms with Crippen molar-refractivity contribution >= 4 is 69.2 Å². The molecule has 0 radical (unpaired) electrons. The maximum atomic E-state index is 2.28. The lowest BCUT2D eigenvalue weighted by molar-refractivity contribution is 1.28. The molecule has 248 valence electrons. The van der Waals surface area contributed by atoms with Crippen LogP contribution in [-0.4, -0.2) is 0 Å². The van der Waals surface area contributed by atoms with Crippen LogP contribution in [0.25, 0.3) is 35.1 Å². The number of rotatable bonds is 10. The van der Waals surface area contributed by atoms with Gasteiger partial charge in [0.2, 0.25) is 0 Å². The largest absolute Gasteiger partial charge is 0.311 e. The highest BCUT2D eigenvalue weighted by Crippen LogP contribution is 2.35. The molecule has 0 saturated heterocycles. The average molecular weight is 667 g/mol. The van der Waals surface area contributed by atoms with Crippen LogP contribution < -0.4 is 9.80 Å². The molecule has 52 heavy (non-hydrogen) atoms. The van der Waals surface area contributed by atoms with E-state index in [0.717, 1.165) is 45.3 Å². The average Bonchev–Trinajstić information content (AvgIpc) is 3.22. The van der Waals surface area contributed by atoms with Crippen molar-refractivity contribution in [1.29, 1.82) is 0 Å². The Balaban J connectivity index is 0.953. The first-order valence-electron chi connectivity index (χ1n) is 17.7. The van der Waals surface area contributed by atoms with E-state index in [1.54, 1.807) is 0 Å². The van der Waals surface area contributed by atoms with E-state index < -0.39 is 0 Å². The normalized spacial score (nSPS) is 11.3. The van der Waals surface area contributed by atoms with Gasteiger partial charge in [0.25, 0.3) is 0 Å². The van der Waals surface area contributed by atoms with Crippen LogP contribution in [0.4, 0.5) is 34.1 Å². The first kappa shape index (κ1) is 32.3. The number of anilines is 6. The number of para-hydroxylation sites is 4. The highest BCUT2D eigenvalue weighted by atomic mass is 15.1. The topological polar surface area (TPSA) is 6.48 Å². The number of nitrogens with zero attached hydrogens (tertiary/aromatic N) is 2. The van der Waals surface area contributed by atoms with E-state index in [2.05, 4.69) is 240 Å².